The molecule has 0 saturated carbocycles. The summed E-state index contributed by atoms with van der Waals surface area (Å²) in [5, 5.41) is 4.38. The van der Waals surface area contributed by atoms with Crippen LogP contribution in [0.1, 0.15) is 19.4 Å². The van der Waals surface area contributed by atoms with Crippen LogP contribution in [0.25, 0.3) is 0 Å². The number of aryl methyl sites for hydroxylation is 1. The van der Waals surface area contributed by atoms with Gasteiger partial charge in [0.25, 0.3) is 5.91 Å². The van der Waals surface area contributed by atoms with Crippen molar-refractivity contribution in [2.75, 3.05) is 0 Å². The molecule has 0 aliphatic carbocycles. The van der Waals surface area contributed by atoms with Gasteiger partial charge < -0.3 is 4.74 Å². The van der Waals surface area contributed by atoms with E-state index in [1.54, 1.807) is 31.2 Å². The van der Waals surface area contributed by atoms with Gasteiger partial charge in [-0.05, 0) is 50.6 Å². The summed E-state index contributed by atoms with van der Waals surface area (Å²) in [6.07, 6.45) is 4.39. The first-order chi connectivity index (χ1) is 9.04. The van der Waals surface area contributed by atoms with Gasteiger partial charge in [0.2, 0.25) is 0 Å². The zero-order chi connectivity index (χ0) is 14.3. The standard InChI is InChI=1S/C14H17ClN2O2/c1-4-5-8-16-17-14(18)11(3)19-13-7-6-12(15)9-10(13)2/h4-9,11H,1-3H3,(H,17,18). The molecule has 0 aromatic heterocycles. The Morgan fingerprint density at radius 1 is 1.53 bits per heavy atom. The molecule has 0 bridgehead atoms. The smallest absolute Gasteiger partial charge is 0.280 e. The van der Waals surface area contributed by atoms with Crippen LogP contribution in [0.2, 0.25) is 5.02 Å². The van der Waals surface area contributed by atoms with E-state index in [2.05, 4.69) is 10.5 Å². The average molecular weight is 281 g/mol. The highest BCUT2D eigenvalue weighted by molar-refractivity contribution is 6.30. The van der Waals surface area contributed by atoms with Crippen LogP contribution in [0, 0.1) is 6.92 Å². The summed E-state index contributed by atoms with van der Waals surface area (Å²) in [6, 6.07) is 5.24. The molecule has 1 amide bonds. The molecule has 1 N–H and O–H groups in total. The van der Waals surface area contributed by atoms with E-state index in [4.69, 9.17) is 16.3 Å². The number of nitrogens with one attached hydrogen (secondary N) is 1. The third-order valence-corrected chi connectivity index (χ3v) is 2.57. The van der Waals surface area contributed by atoms with Crippen molar-refractivity contribution in [3.05, 3.63) is 40.9 Å². The van der Waals surface area contributed by atoms with Gasteiger partial charge in [-0.1, -0.05) is 17.7 Å². The summed E-state index contributed by atoms with van der Waals surface area (Å²) in [5.74, 6) is 0.319. The predicted molar refractivity (Wildman–Crippen MR) is 77.7 cm³/mol. The molecule has 1 rings (SSSR count). The Kier molecular flexibility index (Phi) is 6.09. The molecule has 0 spiro atoms. The fourth-order valence-corrected chi connectivity index (χ4v) is 1.54. The number of ether oxygens (including phenoxy) is 1. The van der Waals surface area contributed by atoms with Crippen LogP contribution < -0.4 is 10.2 Å². The maximum Gasteiger partial charge on any atom is 0.280 e. The van der Waals surface area contributed by atoms with Crippen molar-refractivity contribution in [3.8, 4) is 5.75 Å². The minimum Gasteiger partial charge on any atom is -0.481 e. The maximum absolute atomic E-state index is 11.7. The number of rotatable bonds is 5. The van der Waals surface area contributed by atoms with E-state index in [0.717, 1.165) is 5.56 Å². The van der Waals surface area contributed by atoms with Gasteiger partial charge in [-0.25, -0.2) is 5.43 Å². The summed E-state index contributed by atoms with van der Waals surface area (Å²) >= 11 is 5.85. The molecule has 1 unspecified atom stereocenters. The lowest BCUT2D eigenvalue weighted by molar-refractivity contribution is -0.127. The number of nitrogens with zero attached hydrogens (tertiary/aromatic N) is 1. The molecule has 4 nitrogen and oxygen atoms in total. The summed E-state index contributed by atoms with van der Waals surface area (Å²) in [5.41, 5.74) is 3.28. The van der Waals surface area contributed by atoms with Crippen LogP contribution in [0.5, 0.6) is 5.75 Å². The Balaban J connectivity index is 2.58. The Hall–Kier alpha value is -1.81. The molecule has 1 aromatic carbocycles. The zero-order valence-corrected chi connectivity index (χ0v) is 11.9. The first-order valence-corrected chi connectivity index (χ1v) is 6.29. The lowest BCUT2D eigenvalue weighted by Gasteiger charge is -2.14. The molecular weight excluding hydrogens is 264 g/mol. The van der Waals surface area contributed by atoms with Gasteiger partial charge in [-0.3, -0.25) is 4.79 Å². The Labute approximate surface area is 118 Å². The first kappa shape index (κ1) is 15.2. The summed E-state index contributed by atoms with van der Waals surface area (Å²) < 4.78 is 5.56. The van der Waals surface area contributed by atoms with E-state index in [-0.39, 0.29) is 5.91 Å². The third kappa shape index (κ3) is 5.14. The Morgan fingerprint density at radius 2 is 2.26 bits per heavy atom. The number of allylic oxidation sites excluding steroid dienone is 2. The van der Waals surface area contributed by atoms with E-state index in [1.165, 1.54) is 6.21 Å². The molecule has 0 aliphatic heterocycles. The number of hydrogen-bond acceptors (Lipinski definition) is 3. The SMILES string of the molecule is CC=CC=NNC(=O)C(C)Oc1ccc(Cl)cc1C. The van der Waals surface area contributed by atoms with E-state index in [1.807, 2.05) is 19.9 Å². The molecule has 0 fully saturated rings. The number of benzene rings is 1. The summed E-state index contributed by atoms with van der Waals surface area (Å²) in [6.45, 7) is 5.40. The van der Waals surface area contributed by atoms with Gasteiger partial charge in [0.15, 0.2) is 6.10 Å². The highest BCUT2D eigenvalue weighted by Crippen LogP contribution is 2.22. The second-order valence-corrected chi connectivity index (χ2v) is 4.39. The van der Waals surface area contributed by atoms with Gasteiger partial charge >= 0.3 is 0 Å². The lowest BCUT2D eigenvalue weighted by Crippen LogP contribution is -2.33. The minimum absolute atomic E-state index is 0.310. The summed E-state index contributed by atoms with van der Waals surface area (Å²) in [7, 11) is 0. The second-order valence-electron chi connectivity index (χ2n) is 3.95. The van der Waals surface area contributed by atoms with Crippen molar-refractivity contribution in [2.45, 2.75) is 26.9 Å². The van der Waals surface area contributed by atoms with Crippen LogP contribution in [0.3, 0.4) is 0 Å². The number of hydrogen-bond donors (Lipinski definition) is 1. The van der Waals surface area contributed by atoms with E-state index < -0.39 is 6.10 Å². The molecule has 19 heavy (non-hydrogen) atoms. The van der Waals surface area contributed by atoms with Crippen molar-refractivity contribution in [3.63, 3.8) is 0 Å². The van der Waals surface area contributed by atoms with Crippen molar-refractivity contribution in [1.82, 2.24) is 5.43 Å². The highest BCUT2D eigenvalue weighted by atomic mass is 35.5. The normalized spacial score (nSPS) is 12.8. The molecular formula is C14H17ClN2O2. The predicted octanol–water partition coefficient (Wildman–Crippen LogP) is 3.09. The van der Waals surface area contributed by atoms with E-state index >= 15 is 0 Å². The number of carbonyl (C=O) groups is 1. The third-order valence-electron chi connectivity index (χ3n) is 2.34. The molecule has 0 radical (unpaired) electrons. The quantitative estimate of drug-likeness (QED) is 0.665. The minimum atomic E-state index is -0.636. The fourth-order valence-electron chi connectivity index (χ4n) is 1.31. The molecule has 1 aromatic rings. The topological polar surface area (TPSA) is 50.7 Å². The first-order valence-electron chi connectivity index (χ1n) is 5.91. The van der Waals surface area contributed by atoms with Crippen LogP contribution in [-0.2, 0) is 4.79 Å². The molecule has 0 aliphatic rings. The molecule has 5 heteroatoms. The molecule has 102 valence electrons. The van der Waals surface area contributed by atoms with Crippen LogP contribution in [-0.4, -0.2) is 18.2 Å². The van der Waals surface area contributed by atoms with Crippen molar-refractivity contribution >= 4 is 23.7 Å². The Morgan fingerprint density at radius 3 is 2.89 bits per heavy atom. The number of amides is 1. The van der Waals surface area contributed by atoms with Gasteiger partial charge in [0.1, 0.15) is 5.75 Å². The fraction of sp³-hybridized carbons (Fsp3) is 0.286. The van der Waals surface area contributed by atoms with E-state index in [9.17, 15) is 4.79 Å². The number of halogens is 1. The van der Waals surface area contributed by atoms with Crippen molar-refractivity contribution in [1.29, 1.82) is 0 Å². The molecule has 0 saturated heterocycles. The largest absolute Gasteiger partial charge is 0.481 e. The molecule has 1 atom stereocenters. The van der Waals surface area contributed by atoms with Crippen molar-refractivity contribution < 1.29 is 9.53 Å². The van der Waals surface area contributed by atoms with Crippen LogP contribution in [0.4, 0.5) is 0 Å². The molecule has 0 heterocycles. The maximum atomic E-state index is 11.7. The van der Waals surface area contributed by atoms with Gasteiger partial charge in [0, 0.05) is 11.2 Å². The number of hydrazone groups is 1. The zero-order valence-electron chi connectivity index (χ0n) is 11.2. The monoisotopic (exact) mass is 280 g/mol. The average Bonchev–Trinajstić information content (AvgIpc) is 2.37. The van der Waals surface area contributed by atoms with E-state index in [0.29, 0.717) is 10.8 Å². The van der Waals surface area contributed by atoms with Gasteiger partial charge in [-0.2, -0.15) is 5.10 Å². The Bertz CT molecular complexity index is 498. The van der Waals surface area contributed by atoms with Crippen LogP contribution in [0.15, 0.2) is 35.5 Å². The van der Waals surface area contributed by atoms with Gasteiger partial charge in [-0.15, -0.1) is 0 Å². The van der Waals surface area contributed by atoms with Crippen LogP contribution >= 0.6 is 11.6 Å². The number of carbonyl (C=O) groups excluding carboxylic acids is 1. The van der Waals surface area contributed by atoms with Crippen molar-refractivity contribution in [2.24, 2.45) is 5.10 Å². The van der Waals surface area contributed by atoms with Gasteiger partial charge in [0.05, 0.1) is 0 Å². The second kappa shape index (κ2) is 7.59. The lowest BCUT2D eigenvalue weighted by atomic mass is 10.2. The highest BCUT2D eigenvalue weighted by Gasteiger charge is 2.14. The summed E-state index contributed by atoms with van der Waals surface area (Å²) in [4.78, 5) is 11.7.